The summed E-state index contributed by atoms with van der Waals surface area (Å²) in [7, 11) is 1.78. The molecule has 3 unspecified atom stereocenters. The minimum absolute atomic E-state index is 0.0380. The van der Waals surface area contributed by atoms with Crippen molar-refractivity contribution in [2.75, 3.05) is 13.6 Å². The van der Waals surface area contributed by atoms with E-state index >= 15 is 0 Å². The van der Waals surface area contributed by atoms with E-state index in [0.29, 0.717) is 28.8 Å². The third-order valence-corrected chi connectivity index (χ3v) is 8.87. The predicted octanol–water partition coefficient (Wildman–Crippen LogP) is 5.91. The number of hydrogen-bond donors (Lipinski definition) is 1. The summed E-state index contributed by atoms with van der Waals surface area (Å²) in [6.45, 7) is 4.57. The Morgan fingerprint density at radius 3 is 2.47 bits per heavy atom. The second-order valence-electron chi connectivity index (χ2n) is 10.5. The Balaban J connectivity index is 1.62. The van der Waals surface area contributed by atoms with Crippen LogP contribution >= 0.6 is 23.2 Å². The zero-order chi connectivity index (χ0) is 26.0. The van der Waals surface area contributed by atoms with Gasteiger partial charge in [0.15, 0.2) is 5.78 Å². The number of rotatable bonds is 9. The zero-order valence-electron chi connectivity index (χ0n) is 21.5. The van der Waals surface area contributed by atoms with Crippen molar-refractivity contribution in [2.24, 2.45) is 11.8 Å². The molecular formula is C28H37Cl2N3O3. The Kier molecular flexibility index (Phi) is 8.79. The first-order chi connectivity index (χ1) is 17.2. The molecular weight excluding hydrogens is 497 g/mol. The smallest absolute Gasteiger partial charge is 0.226 e. The largest absolute Gasteiger partial charge is 0.338 e. The molecule has 2 heterocycles. The second-order valence-corrected chi connectivity index (χ2v) is 11.3. The van der Waals surface area contributed by atoms with Crippen molar-refractivity contribution in [1.82, 2.24) is 14.8 Å². The molecule has 2 aromatic rings. The summed E-state index contributed by atoms with van der Waals surface area (Å²) in [6, 6.07) is 5.16. The van der Waals surface area contributed by atoms with Gasteiger partial charge in [0.05, 0.1) is 17.1 Å². The highest BCUT2D eigenvalue weighted by atomic mass is 35.5. The highest BCUT2D eigenvalue weighted by Crippen LogP contribution is 2.37. The molecule has 1 aromatic carbocycles. The normalized spacial score (nSPS) is 20.6. The number of amides is 1. The summed E-state index contributed by atoms with van der Waals surface area (Å²) in [5.41, 5.74) is 1.31. The monoisotopic (exact) mass is 533 g/mol. The maximum Gasteiger partial charge on any atom is 0.226 e. The van der Waals surface area contributed by atoms with Crippen LogP contribution in [0.1, 0.15) is 75.6 Å². The Bertz CT molecular complexity index is 1140. The molecule has 6 nitrogen and oxygen atoms in total. The number of likely N-dealkylation sites (tertiary alicyclic amines) is 1. The van der Waals surface area contributed by atoms with E-state index in [-0.39, 0.29) is 47.8 Å². The number of halogens is 2. The Morgan fingerprint density at radius 1 is 1.08 bits per heavy atom. The van der Waals surface area contributed by atoms with Crippen molar-refractivity contribution in [3.63, 3.8) is 0 Å². The third-order valence-electron chi connectivity index (χ3n) is 8.24. The summed E-state index contributed by atoms with van der Waals surface area (Å²) in [5, 5.41) is 4.71. The average molecular weight is 535 g/mol. The van der Waals surface area contributed by atoms with Gasteiger partial charge in [-0.1, -0.05) is 42.5 Å². The fraction of sp³-hybridized carbons (Fsp3) is 0.607. The van der Waals surface area contributed by atoms with E-state index in [1.165, 1.54) is 13.3 Å². The van der Waals surface area contributed by atoms with Crippen molar-refractivity contribution in [1.29, 1.82) is 0 Å². The number of fused-ring (bicyclic) bond motifs is 1. The maximum absolute atomic E-state index is 14.0. The number of nitrogens with one attached hydrogen (secondary N) is 1. The molecule has 4 rings (SSSR count). The summed E-state index contributed by atoms with van der Waals surface area (Å²) < 4.78 is 1.95. The minimum atomic E-state index is -0.280. The summed E-state index contributed by atoms with van der Waals surface area (Å²) in [6.07, 6.45) is 7.52. The van der Waals surface area contributed by atoms with Gasteiger partial charge in [-0.25, -0.2) is 0 Å². The summed E-state index contributed by atoms with van der Waals surface area (Å²) >= 11 is 13.0. The lowest BCUT2D eigenvalue weighted by molar-refractivity contribution is -0.141. The molecule has 196 valence electrons. The number of carbonyl (C=O) groups is 3. The molecule has 36 heavy (non-hydrogen) atoms. The topological polar surface area (TPSA) is 71.4 Å². The third kappa shape index (κ3) is 5.51. The van der Waals surface area contributed by atoms with Crippen molar-refractivity contribution < 1.29 is 14.4 Å². The van der Waals surface area contributed by atoms with Crippen LogP contribution in [0.15, 0.2) is 18.2 Å². The number of benzene rings is 1. The average Bonchev–Trinajstić information content (AvgIpc) is 3.44. The predicted molar refractivity (Wildman–Crippen MR) is 145 cm³/mol. The van der Waals surface area contributed by atoms with Crippen LogP contribution in [0.2, 0.25) is 10.2 Å². The number of hydrogen-bond acceptors (Lipinski definition) is 4. The molecule has 0 spiro atoms. The highest BCUT2D eigenvalue weighted by Gasteiger charge is 2.39. The Labute approximate surface area is 223 Å². The van der Waals surface area contributed by atoms with Gasteiger partial charge in [-0.15, -0.1) is 0 Å². The van der Waals surface area contributed by atoms with Gasteiger partial charge in [0, 0.05) is 41.9 Å². The summed E-state index contributed by atoms with van der Waals surface area (Å²) in [5.74, 6) is 0.0589. The first kappa shape index (κ1) is 27.2. The molecule has 3 atom stereocenters. The van der Waals surface area contributed by atoms with Gasteiger partial charge in [-0.3, -0.25) is 14.4 Å². The van der Waals surface area contributed by atoms with E-state index < -0.39 is 0 Å². The molecule has 2 aliphatic rings. The van der Waals surface area contributed by atoms with Gasteiger partial charge in [0.1, 0.15) is 10.9 Å². The SMILES string of the molecule is CNC(C)C(=O)CC(C(=O)N1CCCC1Cn1c(Cl)c(C(C)=O)c2cc(Cl)ccc21)C1CCCCC1. The van der Waals surface area contributed by atoms with Gasteiger partial charge in [0.25, 0.3) is 0 Å². The van der Waals surface area contributed by atoms with Crippen molar-refractivity contribution in [2.45, 2.75) is 83.8 Å². The highest BCUT2D eigenvalue weighted by molar-refractivity contribution is 6.36. The molecule has 0 bridgehead atoms. The first-order valence-corrected chi connectivity index (χ1v) is 14.0. The van der Waals surface area contributed by atoms with Gasteiger partial charge in [-0.05, 0) is 70.7 Å². The second kappa shape index (κ2) is 11.7. The lowest BCUT2D eigenvalue weighted by Gasteiger charge is -2.35. The van der Waals surface area contributed by atoms with Crippen LogP contribution in [-0.2, 0) is 16.1 Å². The number of Topliss-reactive ketones (excluding diaryl/α,β-unsaturated/α-hetero) is 2. The molecule has 1 aliphatic heterocycles. The Morgan fingerprint density at radius 2 is 1.81 bits per heavy atom. The molecule has 1 saturated heterocycles. The van der Waals surface area contributed by atoms with E-state index in [2.05, 4.69) is 5.32 Å². The van der Waals surface area contributed by atoms with E-state index in [9.17, 15) is 14.4 Å². The van der Waals surface area contributed by atoms with E-state index in [0.717, 1.165) is 49.4 Å². The van der Waals surface area contributed by atoms with Crippen LogP contribution in [0, 0.1) is 11.8 Å². The van der Waals surface area contributed by atoms with Crippen LogP contribution in [0.25, 0.3) is 10.9 Å². The molecule has 0 radical (unpaired) electrons. The van der Waals surface area contributed by atoms with Crippen LogP contribution in [0.3, 0.4) is 0 Å². The molecule has 1 aromatic heterocycles. The molecule has 1 N–H and O–H groups in total. The van der Waals surface area contributed by atoms with E-state index in [1.54, 1.807) is 19.2 Å². The fourth-order valence-electron chi connectivity index (χ4n) is 6.10. The van der Waals surface area contributed by atoms with Crippen LogP contribution < -0.4 is 5.32 Å². The van der Waals surface area contributed by atoms with Crippen LogP contribution in [-0.4, -0.2) is 52.6 Å². The van der Waals surface area contributed by atoms with Crippen molar-refractivity contribution in [3.05, 3.63) is 33.9 Å². The quantitative estimate of drug-likeness (QED) is 0.407. The molecule has 1 aliphatic carbocycles. The van der Waals surface area contributed by atoms with Gasteiger partial charge in [0.2, 0.25) is 5.91 Å². The molecule has 2 fully saturated rings. The molecule has 8 heteroatoms. The van der Waals surface area contributed by atoms with Gasteiger partial charge < -0.3 is 14.8 Å². The number of carbonyl (C=O) groups excluding carboxylic acids is 3. The van der Waals surface area contributed by atoms with Crippen LogP contribution in [0.5, 0.6) is 0 Å². The van der Waals surface area contributed by atoms with E-state index in [4.69, 9.17) is 23.2 Å². The number of nitrogens with zero attached hydrogens (tertiary/aromatic N) is 2. The van der Waals surface area contributed by atoms with Gasteiger partial charge >= 0.3 is 0 Å². The standard InChI is InChI=1S/C28H37Cl2N3O3/c1-17(31-3)25(35)15-22(19-8-5-4-6-9-19)28(36)32-13-7-10-21(32)16-33-24-12-11-20(29)14-23(24)26(18(2)34)27(33)30/h11-12,14,17,19,21-22,31H,4-10,13,15-16H2,1-3H3. The molecule has 1 amide bonds. The maximum atomic E-state index is 14.0. The van der Waals surface area contributed by atoms with E-state index in [1.807, 2.05) is 22.5 Å². The number of aromatic nitrogens is 1. The number of ketones is 2. The molecule has 1 saturated carbocycles. The van der Waals surface area contributed by atoms with Crippen molar-refractivity contribution in [3.8, 4) is 0 Å². The van der Waals surface area contributed by atoms with Gasteiger partial charge in [-0.2, -0.15) is 0 Å². The Hall–Kier alpha value is -1.89. The summed E-state index contributed by atoms with van der Waals surface area (Å²) in [4.78, 5) is 41.4. The number of likely N-dealkylation sites (N-methyl/N-ethyl adjacent to an activating group) is 1. The zero-order valence-corrected chi connectivity index (χ0v) is 23.0. The fourth-order valence-corrected chi connectivity index (χ4v) is 6.66. The lowest BCUT2D eigenvalue weighted by Crippen LogP contribution is -2.45. The van der Waals surface area contributed by atoms with Crippen LogP contribution in [0.4, 0.5) is 0 Å². The minimum Gasteiger partial charge on any atom is -0.338 e. The van der Waals surface area contributed by atoms with Crippen molar-refractivity contribution >= 4 is 51.6 Å². The first-order valence-electron chi connectivity index (χ1n) is 13.2. The lowest BCUT2D eigenvalue weighted by atomic mass is 9.76.